The summed E-state index contributed by atoms with van der Waals surface area (Å²) in [5.41, 5.74) is 0.428. The predicted octanol–water partition coefficient (Wildman–Crippen LogP) is 3.38. The van der Waals surface area contributed by atoms with Crippen LogP contribution >= 0.6 is 10.7 Å². The summed E-state index contributed by atoms with van der Waals surface area (Å²) < 4.78 is 27.3. The number of benzene rings is 1. The summed E-state index contributed by atoms with van der Waals surface area (Å²) in [5.74, 6) is -0.174. The van der Waals surface area contributed by atoms with E-state index in [-0.39, 0.29) is 25.3 Å². The van der Waals surface area contributed by atoms with Crippen molar-refractivity contribution in [1.29, 1.82) is 0 Å². The molecular formula is C15H22ClNO4S. The standard InChI is InChI=1S/C15H22ClNO4S/c1-15(2,3)17(10-7-11-22(16,19)20)14(18)21-12-13-8-5-4-6-9-13/h4-6,8-9H,7,10-12H2,1-3H3. The van der Waals surface area contributed by atoms with Gasteiger partial charge in [0.1, 0.15) is 6.61 Å². The Morgan fingerprint density at radius 1 is 1.23 bits per heavy atom. The number of carbonyl (C=O) groups excluding carboxylic acids is 1. The average molecular weight is 348 g/mol. The molecule has 1 aromatic carbocycles. The molecular weight excluding hydrogens is 326 g/mol. The largest absolute Gasteiger partial charge is 0.445 e. The molecule has 0 bridgehead atoms. The number of amides is 1. The van der Waals surface area contributed by atoms with Gasteiger partial charge in [-0.3, -0.25) is 0 Å². The Labute approximate surface area is 136 Å². The predicted molar refractivity (Wildman–Crippen MR) is 87.3 cm³/mol. The van der Waals surface area contributed by atoms with E-state index < -0.39 is 20.7 Å². The van der Waals surface area contributed by atoms with Crippen molar-refractivity contribution in [2.75, 3.05) is 12.3 Å². The van der Waals surface area contributed by atoms with Crippen molar-refractivity contribution in [2.45, 2.75) is 39.3 Å². The van der Waals surface area contributed by atoms with E-state index >= 15 is 0 Å². The lowest BCUT2D eigenvalue weighted by Gasteiger charge is -2.34. The van der Waals surface area contributed by atoms with E-state index in [1.54, 1.807) is 0 Å². The first kappa shape index (κ1) is 18.8. The molecule has 0 unspecified atom stereocenters. The summed E-state index contributed by atoms with van der Waals surface area (Å²) >= 11 is 0. The molecule has 0 N–H and O–H groups in total. The van der Waals surface area contributed by atoms with Crippen molar-refractivity contribution in [3.63, 3.8) is 0 Å². The highest BCUT2D eigenvalue weighted by atomic mass is 35.7. The highest BCUT2D eigenvalue weighted by Crippen LogP contribution is 2.17. The lowest BCUT2D eigenvalue weighted by atomic mass is 10.1. The number of carbonyl (C=O) groups is 1. The van der Waals surface area contributed by atoms with Crippen molar-refractivity contribution < 1.29 is 17.9 Å². The van der Waals surface area contributed by atoms with Crippen LogP contribution in [0.4, 0.5) is 4.79 Å². The van der Waals surface area contributed by atoms with E-state index in [1.807, 2.05) is 51.1 Å². The van der Waals surface area contributed by atoms with Crippen molar-refractivity contribution in [3.8, 4) is 0 Å². The van der Waals surface area contributed by atoms with Crippen LogP contribution in [0.3, 0.4) is 0 Å². The van der Waals surface area contributed by atoms with Crippen LogP contribution in [0.2, 0.25) is 0 Å². The van der Waals surface area contributed by atoms with Crippen LogP contribution < -0.4 is 0 Å². The maximum Gasteiger partial charge on any atom is 0.410 e. The second-order valence-corrected chi connectivity index (χ2v) is 8.86. The second-order valence-electron chi connectivity index (χ2n) is 5.96. The molecule has 0 aliphatic heterocycles. The van der Waals surface area contributed by atoms with Crippen molar-refractivity contribution in [1.82, 2.24) is 4.90 Å². The maximum absolute atomic E-state index is 12.2. The molecule has 0 heterocycles. The molecule has 1 amide bonds. The normalized spacial score (nSPS) is 12.0. The maximum atomic E-state index is 12.2. The Balaban J connectivity index is 2.61. The highest BCUT2D eigenvalue weighted by molar-refractivity contribution is 8.13. The summed E-state index contributed by atoms with van der Waals surface area (Å²) in [5, 5.41) is 0. The third kappa shape index (κ3) is 7.13. The average Bonchev–Trinajstić information content (AvgIpc) is 2.39. The van der Waals surface area contributed by atoms with Gasteiger partial charge in [0.2, 0.25) is 9.05 Å². The molecule has 0 atom stereocenters. The zero-order chi connectivity index (χ0) is 16.8. The topological polar surface area (TPSA) is 63.7 Å². The molecule has 124 valence electrons. The van der Waals surface area contributed by atoms with Gasteiger partial charge in [0.15, 0.2) is 0 Å². The molecule has 1 rings (SSSR count). The van der Waals surface area contributed by atoms with Crippen LogP contribution in [-0.4, -0.2) is 37.2 Å². The first-order chi connectivity index (χ1) is 10.1. The molecule has 0 saturated heterocycles. The third-order valence-corrected chi connectivity index (χ3v) is 4.24. The fourth-order valence-electron chi connectivity index (χ4n) is 1.89. The minimum Gasteiger partial charge on any atom is -0.445 e. The summed E-state index contributed by atoms with van der Waals surface area (Å²) in [4.78, 5) is 13.8. The van der Waals surface area contributed by atoms with Crippen LogP contribution in [0.1, 0.15) is 32.8 Å². The molecule has 0 aliphatic rings. The van der Waals surface area contributed by atoms with E-state index in [2.05, 4.69) is 0 Å². The van der Waals surface area contributed by atoms with Gasteiger partial charge in [-0.25, -0.2) is 13.2 Å². The van der Waals surface area contributed by atoms with Crippen LogP contribution in [0.5, 0.6) is 0 Å². The van der Waals surface area contributed by atoms with E-state index in [4.69, 9.17) is 15.4 Å². The van der Waals surface area contributed by atoms with Gasteiger partial charge in [-0.2, -0.15) is 0 Å². The van der Waals surface area contributed by atoms with Gasteiger partial charge in [-0.05, 0) is 32.8 Å². The fraction of sp³-hybridized carbons (Fsp3) is 0.533. The molecule has 7 heteroatoms. The molecule has 5 nitrogen and oxygen atoms in total. The Hall–Kier alpha value is -1.27. The molecule has 0 radical (unpaired) electrons. The van der Waals surface area contributed by atoms with E-state index in [0.717, 1.165) is 5.56 Å². The van der Waals surface area contributed by atoms with Gasteiger partial charge >= 0.3 is 6.09 Å². The summed E-state index contributed by atoms with van der Waals surface area (Å²) in [6, 6.07) is 9.37. The van der Waals surface area contributed by atoms with E-state index in [0.29, 0.717) is 0 Å². The molecule has 0 fully saturated rings. The number of hydrogen-bond acceptors (Lipinski definition) is 4. The summed E-state index contributed by atoms with van der Waals surface area (Å²) in [6.07, 6.45) is -0.202. The lowest BCUT2D eigenvalue weighted by Crippen LogP contribution is -2.46. The molecule has 0 saturated carbocycles. The highest BCUT2D eigenvalue weighted by Gasteiger charge is 2.27. The summed E-state index contributed by atoms with van der Waals surface area (Å²) in [6.45, 7) is 6.05. The first-order valence-corrected chi connectivity index (χ1v) is 9.48. The van der Waals surface area contributed by atoms with E-state index in [1.165, 1.54) is 4.90 Å². The van der Waals surface area contributed by atoms with Gasteiger partial charge < -0.3 is 9.64 Å². The van der Waals surface area contributed by atoms with Gasteiger partial charge in [0.25, 0.3) is 0 Å². The van der Waals surface area contributed by atoms with Gasteiger partial charge in [-0.1, -0.05) is 30.3 Å². The monoisotopic (exact) mass is 347 g/mol. The molecule has 0 spiro atoms. The van der Waals surface area contributed by atoms with Gasteiger partial charge in [-0.15, -0.1) is 0 Å². The van der Waals surface area contributed by atoms with Gasteiger partial charge in [0.05, 0.1) is 5.75 Å². The minimum absolute atomic E-state index is 0.174. The number of halogens is 1. The van der Waals surface area contributed by atoms with Crippen LogP contribution in [0, 0.1) is 0 Å². The zero-order valence-electron chi connectivity index (χ0n) is 13.1. The Morgan fingerprint density at radius 3 is 2.32 bits per heavy atom. The smallest absolute Gasteiger partial charge is 0.410 e. The minimum atomic E-state index is -3.55. The van der Waals surface area contributed by atoms with Gasteiger partial charge in [0, 0.05) is 22.8 Å². The van der Waals surface area contributed by atoms with Crippen LogP contribution in [0.25, 0.3) is 0 Å². The van der Waals surface area contributed by atoms with Crippen molar-refractivity contribution in [3.05, 3.63) is 35.9 Å². The lowest BCUT2D eigenvalue weighted by molar-refractivity contribution is 0.0629. The third-order valence-electron chi connectivity index (χ3n) is 3.01. The second kappa shape index (κ2) is 7.83. The fourth-order valence-corrected chi connectivity index (χ4v) is 2.69. The molecule has 0 aliphatic carbocycles. The first-order valence-electron chi connectivity index (χ1n) is 7.00. The number of ether oxygens (including phenoxy) is 1. The molecule has 1 aromatic rings. The zero-order valence-corrected chi connectivity index (χ0v) is 14.7. The quantitative estimate of drug-likeness (QED) is 0.740. The Bertz CT molecular complexity index is 581. The van der Waals surface area contributed by atoms with Crippen LogP contribution in [-0.2, 0) is 20.4 Å². The Kier molecular flexibility index (Phi) is 6.68. The van der Waals surface area contributed by atoms with Crippen LogP contribution in [0.15, 0.2) is 30.3 Å². The molecule has 0 aromatic heterocycles. The van der Waals surface area contributed by atoms with Crippen molar-refractivity contribution >= 4 is 25.8 Å². The van der Waals surface area contributed by atoms with E-state index in [9.17, 15) is 13.2 Å². The van der Waals surface area contributed by atoms with Crippen molar-refractivity contribution in [2.24, 2.45) is 0 Å². The molecule has 22 heavy (non-hydrogen) atoms. The SMILES string of the molecule is CC(C)(C)N(CCCS(=O)(=O)Cl)C(=O)OCc1ccccc1. The number of nitrogens with zero attached hydrogens (tertiary/aromatic N) is 1. The Morgan fingerprint density at radius 2 is 1.82 bits per heavy atom. The summed E-state index contributed by atoms with van der Waals surface area (Å²) in [7, 11) is 1.64. The number of rotatable bonds is 6. The number of hydrogen-bond donors (Lipinski definition) is 0.